The number of benzene rings is 1. The van der Waals surface area contributed by atoms with Crippen LogP contribution in [0.5, 0.6) is 0 Å². The first-order valence-corrected chi connectivity index (χ1v) is 7.61. The molecule has 0 radical (unpaired) electrons. The van der Waals surface area contributed by atoms with E-state index in [0.717, 1.165) is 31.2 Å². The Labute approximate surface area is 149 Å². The van der Waals surface area contributed by atoms with Gasteiger partial charge in [-0.05, 0) is 24.5 Å². The van der Waals surface area contributed by atoms with Crippen molar-refractivity contribution in [3.8, 4) is 0 Å². The summed E-state index contributed by atoms with van der Waals surface area (Å²) in [6.07, 6.45) is 5.40. The first-order chi connectivity index (χ1) is 8.61. The van der Waals surface area contributed by atoms with E-state index in [4.69, 9.17) is 4.18 Å². The Bertz CT molecular complexity index is 493. The molecule has 0 aliphatic rings. The minimum absolute atomic E-state index is 0. The van der Waals surface area contributed by atoms with E-state index >= 15 is 0 Å². The third kappa shape index (κ3) is 6.41. The summed E-state index contributed by atoms with van der Waals surface area (Å²) >= 11 is 0. The molecule has 0 atom stereocenters. The molecule has 0 bridgehead atoms. The zero-order chi connectivity index (χ0) is 13.4. The average Bonchev–Trinajstić information content (AvgIpc) is 2.37. The van der Waals surface area contributed by atoms with Gasteiger partial charge in [0.2, 0.25) is 0 Å². The van der Waals surface area contributed by atoms with Crippen LogP contribution in [0.15, 0.2) is 41.8 Å². The predicted molar refractivity (Wildman–Crippen MR) is 81.0 cm³/mol. The van der Waals surface area contributed by atoms with Gasteiger partial charge in [-0.2, -0.15) is 8.42 Å². The fourth-order valence-electron chi connectivity index (χ4n) is 1.72. The molecule has 3 nitrogen and oxygen atoms in total. The van der Waals surface area contributed by atoms with E-state index in [9.17, 15) is 8.42 Å². The van der Waals surface area contributed by atoms with Crippen molar-refractivity contribution in [2.24, 2.45) is 0 Å². The van der Waals surface area contributed by atoms with E-state index in [1.807, 2.05) is 12.1 Å². The molecule has 1 aromatic rings. The zero-order valence-electron chi connectivity index (χ0n) is 13.5. The third-order valence-corrected chi connectivity index (χ3v) is 4.02. The summed E-state index contributed by atoms with van der Waals surface area (Å²) in [7, 11) is -3.66. The normalized spacial score (nSPS) is 10.8. The van der Waals surface area contributed by atoms with Crippen LogP contribution in [0.3, 0.4) is 0 Å². The minimum atomic E-state index is -3.66. The molecular weight excluding hydrogens is 288 g/mol. The zero-order valence-corrected chi connectivity index (χ0v) is 14.5. The van der Waals surface area contributed by atoms with Crippen LogP contribution in [0.1, 0.15) is 34.6 Å². The fourth-order valence-corrected chi connectivity index (χ4v) is 2.86. The summed E-state index contributed by atoms with van der Waals surface area (Å²) in [6.45, 7) is 5.58. The molecule has 0 saturated carbocycles. The third-order valence-electron chi connectivity index (χ3n) is 2.63. The van der Waals surface area contributed by atoms with Crippen molar-refractivity contribution in [1.29, 1.82) is 0 Å². The van der Waals surface area contributed by atoms with Crippen LogP contribution in [-0.2, 0) is 20.7 Å². The second-order valence-corrected chi connectivity index (χ2v) is 5.68. The van der Waals surface area contributed by atoms with E-state index in [-0.39, 0.29) is 52.1 Å². The summed E-state index contributed by atoms with van der Waals surface area (Å²) < 4.78 is 28.8. The number of aryl methyl sites for hydroxylation is 1. The minimum Gasteiger partial charge on any atom is -1.00 e. The van der Waals surface area contributed by atoms with Crippen molar-refractivity contribution in [2.75, 3.05) is 6.61 Å². The van der Waals surface area contributed by atoms with Crippen molar-refractivity contribution >= 4 is 47.9 Å². The molecule has 1 aromatic carbocycles. The monoisotopic (exact) mass is 310 g/mol. The van der Waals surface area contributed by atoms with Gasteiger partial charge < -0.3 is 2.85 Å². The average molecular weight is 310 g/mol. The predicted octanol–water partition coefficient (Wildman–Crippen LogP) is 3.15. The van der Waals surface area contributed by atoms with Crippen LogP contribution in [-0.4, -0.2) is 52.8 Å². The molecule has 0 heterocycles. The van der Waals surface area contributed by atoms with Crippen molar-refractivity contribution in [1.82, 2.24) is 0 Å². The summed E-state index contributed by atoms with van der Waals surface area (Å²) in [6, 6.07) is 7.01. The Hall–Kier alpha value is 0.130. The molecule has 5 heteroatoms. The molecule has 19 heavy (non-hydrogen) atoms. The number of hydrogen-bond acceptors (Lipinski definition) is 3. The Morgan fingerprint density at radius 3 is 2.63 bits per heavy atom. The van der Waals surface area contributed by atoms with Crippen LogP contribution in [0.4, 0.5) is 0 Å². The maximum atomic E-state index is 12.0. The largest absolute Gasteiger partial charge is 2.00 e. The van der Waals surface area contributed by atoms with Gasteiger partial charge in [0.05, 0.1) is 11.5 Å². The van der Waals surface area contributed by atoms with Gasteiger partial charge in [-0.25, -0.2) is 0 Å². The molecule has 0 aliphatic heterocycles. The summed E-state index contributed by atoms with van der Waals surface area (Å²) in [4.78, 5) is 0.281. The van der Waals surface area contributed by atoms with Gasteiger partial charge in [-0.15, -0.1) is 6.58 Å². The Morgan fingerprint density at radius 1 is 1.32 bits per heavy atom. The van der Waals surface area contributed by atoms with E-state index in [0.29, 0.717) is 0 Å². The second kappa shape index (κ2) is 9.94. The first-order valence-electron chi connectivity index (χ1n) is 6.20. The number of rotatable bonds is 8. The molecule has 0 amide bonds. The molecule has 0 saturated heterocycles. The number of hydrogen-bond donors (Lipinski definition) is 0. The van der Waals surface area contributed by atoms with E-state index < -0.39 is 10.1 Å². The Morgan fingerprint density at radius 2 is 2.00 bits per heavy atom. The summed E-state index contributed by atoms with van der Waals surface area (Å²) in [5.74, 6) is 0. The van der Waals surface area contributed by atoms with Gasteiger partial charge in [-0.3, -0.25) is 4.18 Å². The van der Waals surface area contributed by atoms with Crippen LogP contribution in [0, 0.1) is 0 Å². The van der Waals surface area contributed by atoms with Gasteiger partial charge in [0.25, 0.3) is 10.1 Å². The standard InChI is InChI=1S/C14H20O3S.Ca.2H/c1-3-5-6-9-13-10-7-8-11-14(13)18(15,16)17-12-4-2;;;/h4,7-8,10-11H,2-3,5-6,9,12H2,1H3;;;/q;+2;2*-1. The van der Waals surface area contributed by atoms with Gasteiger partial charge >= 0.3 is 37.7 Å². The maximum Gasteiger partial charge on any atom is 2.00 e. The molecule has 0 unspecified atom stereocenters. The Kier molecular flexibility index (Phi) is 10.0. The van der Waals surface area contributed by atoms with Crippen molar-refractivity contribution in [2.45, 2.75) is 37.5 Å². The van der Waals surface area contributed by atoms with E-state index in [1.165, 1.54) is 6.08 Å². The SMILES string of the molecule is C=CCOS(=O)(=O)c1ccccc1CCCCC.[Ca+2].[H-].[H-]. The smallest absolute Gasteiger partial charge is 1.00 e. The van der Waals surface area contributed by atoms with Crippen LogP contribution in [0.2, 0.25) is 0 Å². The van der Waals surface area contributed by atoms with Gasteiger partial charge in [0.1, 0.15) is 0 Å². The van der Waals surface area contributed by atoms with Crippen LogP contribution in [0.25, 0.3) is 0 Å². The van der Waals surface area contributed by atoms with Crippen molar-refractivity contribution in [3.63, 3.8) is 0 Å². The molecule has 0 fully saturated rings. The molecular formula is C14H22CaO3S. The first kappa shape index (κ1) is 19.1. The molecule has 0 spiro atoms. The van der Waals surface area contributed by atoms with Crippen LogP contribution >= 0.6 is 0 Å². The second-order valence-electron chi connectivity index (χ2n) is 4.09. The molecule has 104 valence electrons. The number of unbranched alkanes of at least 4 members (excludes halogenated alkanes) is 2. The fraction of sp³-hybridized carbons (Fsp3) is 0.429. The summed E-state index contributed by atoms with van der Waals surface area (Å²) in [5.41, 5.74) is 0.829. The quantitative estimate of drug-likeness (QED) is 0.321. The van der Waals surface area contributed by atoms with Crippen molar-refractivity contribution < 1.29 is 15.5 Å². The molecule has 1 rings (SSSR count). The molecule has 0 aromatic heterocycles. The topological polar surface area (TPSA) is 43.4 Å². The summed E-state index contributed by atoms with van der Waals surface area (Å²) in [5, 5.41) is 0. The van der Waals surface area contributed by atoms with Crippen LogP contribution < -0.4 is 0 Å². The van der Waals surface area contributed by atoms with Gasteiger partial charge in [0.15, 0.2) is 0 Å². The van der Waals surface area contributed by atoms with Gasteiger partial charge in [-0.1, -0.05) is 44.0 Å². The van der Waals surface area contributed by atoms with E-state index in [1.54, 1.807) is 12.1 Å². The maximum absolute atomic E-state index is 12.0. The van der Waals surface area contributed by atoms with E-state index in [2.05, 4.69) is 13.5 Å². The molecule has 0 aliphatic carbocycles. The molecule has 0 N–H and O–H groups in total. The Balaban J connectivity index is -0.00000108. The van der Waals surface area contributed by atoms with Gasteiger partial charge in [0, 0.05) is 0 Å². The van der Waals surface area contributed by atoms with Crippen molar-refractivity contribution in [3.05, 3.63) is 42.5 Å².